The zero-order valence-electron chi connectivity index (χ0n) is 8.88. The van der Waals surface area contributed by atoms with Gasteiger partial charge in [0.15, 0.2) is 5.82 Å². The predicted molar refractivity (Wildman–Crippen MR) is 62.2 cm³/mol. The Kier molecular flexibility index (Phi) is 3.73. The first-order valence-electron chi connectivity index (χ1n) is 5.05. The van der Waals surface area contributed by atoms with E-state index >= 15 is 0 Å². The molecule has 0 aliphatic carbocycles. The molecule has 0 atom stereocenters. The molecular weight excluding hydrogens is 296 g/mol. The maximum atomic E-state index is 14.0. The third-order valence-corrected chi connectivity index (χ3v) is 3.12. The van der Waals surface area contributed by atoms with Gasteiger partial charge in [-0.2, -0.15) is 0 Å². The molecule has 6 heteroatoms. The van der Waals surface area contributed by atoms with E-state index in [0.717, 1.165) is 12.1 Å². The number of nitrogens with zero attached hydrogens (tertiary/aromatic N) is 1. The van der Waals surface area contributed by atoms with E-state index in [2.05, 4.69) is 15.9 Å². The van der Waals surface area contributed by atoms with Crippen molar-refractivity contribution in [1.82, 2.24) is 0 Å². The SMILES string of the molecule is O=C1COCCN1c1cc(F)cc(CBr)c1F. The van der Waals surface area contributed by atoms with Crippen LogP contribution in [-0.2, 0) is 14.9 Å². The van der Waals surface area contributed by atoms with Gasteiger partial charge in [0.25, 0.3) is 5.91 Å². The van der Waals surface area contributed by atoms with Gasteiger partial charge in [-0.25, -0.2) is 8.78 Å². The van der Waals surface area contributed by atoms with Crippen molar-refractivity contribution >= 4 is 27.5 Å². The lowest BCUT2D eigenvalue weighted by molar-refractivity contribution is -0.125. The number of hydrogen-bond donors (Lipinski definition) is 0. The molecule has 0 spiro atoms. The van der Waals surface area contributed by atoms with Crippen LogP contribution in [0.3, 0.4) is 0 Å². The van der Waals surface area contributed by atoms with E-state index in [1.54, 1.807) is 0 Å². The smallest absolute Gasteiger partial charge is 0.253 e. The topological polar surface area (TPSA) is 29.5 Å². The first-order valence-corrected chi connectivity index (χ1v) is 6.17. The number of carbonyl (C=O) groups is 1. The summed E-state index contributed by atoms with van der Waals surface area (Å²) in [4.78, 5) is 12.8. The summed E-state index contributed by atoms with van der Waals surface area (Å²) in [5.74, 6) is -1.49. The average Bonchev–Trinajstić information content (AvgIpc) is 2.32. The molecule has 0 unspecified atom stereocenters. The Hall–Kier alpha value is -1.01. The molecule has 1 fully saturated rings. The Morgan fingerprint density at radius 3 is 2.82 bits per heavy atom. The average molecular weight is 306 g/mol. The lowest BCUT2D eigenvalue weighted by Gasteiger charge is -2.27. The van der Waals surface area contributed by atoms with Crippen molar-refractivity contribution < 1.29 is 18.3 Å². The van der Waals surface area contributed by atoms with E-state index in [4.69, 9.17) is 4.74 Å². The van der Waals surface area contributed by atoms with Crippen molar-refractivity contribution in [2.75, 3.05) is 24.7 Å². The van der Waals surface area contributed by atoms with Gasteiger partial charge in [-0.1, -0.05) is 15.9 Å². The summed E-state index contributed by atoms with van der Waals surface area (Å²) < 4.78 is 32.2. The molecule has 1 amide bonds. The number of benzene rings is 1. The van der Waals surface area contributed by atoms with Crippen molar-refractivity contribution in [1.29, 1.82) is 0 Å². The third kappa shape index (κ3) is 2.47. The number of carbonyl (C=O) groups excluding carboxylic acids is 1. The highest BCUT2D eigenvalue weighted by molar-refractivity contribution is 9.08. The van der Waals surface area contributed by atoms with Crippen molar-refractivity contribution in [3.8, 4) is 0 Å². The maximum absolute atomic E-state index is 14.0. The van der Waals surface area contributed by atoms with E-state index in [0.29, 0.717) is 6.61 Å². The van der Waals surface area contributed by atoms with Gasteiger partial charge in [0.1, 0.15) is 12.4 Å². The van der Waals surface area contributed by atoms with Crippen molar-refractivity contribution in [2.45, 2.75) is 5.33 Å². The molecule has 3 nitrogen and oxygen atoms in total. The minimum absolute atomic E-state index is 0.0206. The molecule has 1 heterocycles. The highest BCUT2D eigenvalue weighted by Crippen LogP contribution is 2.26. The molecule has 0 bridgehead atoms. The van der Waals surface area contributed by atoms with Crippen LogP contribution in [0.5, 0.6) is 0 Å². The molecule has 0 saturated carbocycles. The molecule has 92 valence electrons. The van der Waals surface area contributed by atoms with Crippen LogP contribution < -0.4 is 4.90 Å². The quantitative estimate of drug-likeness (QED) is 0.784. The highest BCUT2D eigenvalue weighted by atomic mass is 79.9. The van der Waals surface area contributed by atoms with Gasteiger partial charge in [0, 0.05) is 23.5 Å². The van der Waals surface area contributed by atoms with E-state index in [-0.39, 0.29) is 35.6 Å². The maximum Gasteiger partial charge on any atom is 0.253 e. The number of hydrogen-bond acceptors (Lipinski definition) is 2. The monoisotopic (exact) mass is 305 g/mol. The molecule has 1 aliphatic rings. The summed E-state index contributed by atoms with van der Waals surface area (Å²) in [6, 6.07) is 2.14. The molecule has 2 rings (SSSR count). The lowest BCUT2D eigenvalue weighted by Crippen LogP contribution is -2.42. The zero-order valence-corrected chi connectivity index (χ0v) is 10.5. The van der Waals surface area contributed by atoms with Crippen LogP contribution in [0.4, 0.5) is 14.5 Å². The van der Waals surface area contributed by atoms with E-state index in [1.807, 2.05) is 0 Å². The number of amides is 1. The van der Waals surface area contributed by atoms with Crippen LogP contribution in [0.25, 0.3) is 0 Å². The summed E-state index contributed by atoms with van der Waals surface area (Å²) in [6.07, 6.45) is 0. The van der Waals surface area contributed by atoms with Gasteiger partial charge in [0.05, 0.1) is 12.3 Å². The molecule has 0 aromatic heterocycles. The Bertz CT molecular complexity index is 453. The molecule has 0 N–H and O–H groups in total. The van der Waals surface area contributed by atoms with Crippen LogP contribution in [0.2, 0.25) is 0 Å². The van der Waals surface area contributed by atoms with Gasteiger partial charge in [-0.15, -0.1) is 0 Å². The first-order chi connectivity index (χ1) is 8.13. The number of rotatable bonds is 2. The van der Waals surface area contributed by atoms with Crippen molar-refractivity contribution in [3.05, 3.63) is 29.3 Å². The van der Waals surface area contributed by atoms with E-state index < -0.39 is 11.6 Å². The van der Waals surface area contributed by atoms with Crippen LogP contribution in [0.1, 0.15) is 5.56 Å². The molecule has 1 saturated heterocycles. The van der Waals surface area contributed by atoms with Crippen molar-refractivity contribution in [3.63, 3.8) is 0 Å². The molecule has 1 aliphatic heterocycles. The van der Waals surface area contributed by atoms with E-state index in [9.17, 15) is 13.6 Å². The fourth-order valence-electron chi connectivity index (χ4n) is 1.70. The van der Waals surface area contributed by atoms with Gasteiger partial charge in [-0.3, -0.25) is 4.79 Å². The molecule has 0 radical (unpaired) electrons. The third-order valence-electron chi connectivity index (χ3n) is 2.51. The standard InChI is InChI=1S/C11H10BrF2NO2/c12-5-7-3-8(13)4-9(11(7)14)15-1-2-17-6-10(15)16/h3-4H,1-2,5-6H2. The van der Waals surface area contributed by atoms with Crippen LogP contribution in [0.15, 0.2) is 12.1 Å². The fourth-order valence-corrected chi connectivity index (χ4v) is 2.10. The molecule has 1 aromatic carbocycles. The normalized spacial score (nSPS) is 16.4. The van der Waals surface area contributed by atoms with Crippen LogP contribution in [0, 0.1) is 11.6 Å². The molecular formula is C11H10BrF2NO2. The number of ether oxygens (including phenoxy) is 1. The Morgan fingerprint density at radius 1 is 1.41 bits per heavy atom. The first kappa shape index (κ1) is 12.4. The van der Waals surface area contributed by atoms with Gasteiger partial charge >= 0.3 is 0 Å². The highest BCUT2D eigenvalue weighted by Gasteiger charge is 2.24. The molecule has 1 aromatic rings. The van der Waals surface area contributed by atoms with Crippen LogP contribution in [-0.4, -0.2) is 25.7 Å². The second-order valence-corrected chi connectivity index (χ2v) is 4.19. The summed E-state index contributed by atoms with van der Waals surface area (Å²) in [6.45, 7) is 0.464. The second-order valence-electron chi connectivity index (χ2n) is 3.63. The lowest BCUT2D eigenvalue weighted by atomic mass is 10.1. The summed E-state index contributed by atoms with van der Waals surface area (Å²) in [5, 5.41) is 0.197. The summed E-state index contributed by atoms with van der Waals surface area (Å²) in [7, 11) is 0. The zero-order chi connectivity index (χ0) is 12.4. The minimum Gasteiger partial charge on any atom is -0.370 e. The number of alkyl halides is 1. The van der Waals surface area contributed by atoms with Gasteiger partial charge in [-0.05, 0) is 6.07 Å². The second kappa shape index (κ2) is 5.10. The number of morpholine rings is 1. The molecule has 17 heavy (non-hydrogen) atoms. The minimum atomic E-state index is -0.571. The number of anilines is 1. The Balaban J connectivity index is 2.43. The van der Waals surface area contributed by atoms with Gasteiger partial charge < -0.3 is 9.64 Å². The Labute approximate surface area is 105 Å². The largest absolute Gasteiger partial charge is 0.370 e. The number of halogens is 3. The van der Waals surface area contributed by atoms with Crippen molar-refractivity contribution in [2.24, 2.45) is 0 Å². The predicted octanol–water partition coefficient (Wildman–Crippen LogP) is 2.22. The summed E-state index contributed by atoms with van der Waals surface area (Å²) >= 11 is 3.08. The van der Waals surface area contributed by atoms with Gasteiger partial charge in [0.2, 0.25) is 0 Å². The fraction of sp³-hybridized carbons (Fsp3) is 0.364. The van der Waals surface area contributed by atoms with Crippen LogP contribution >= 0.6 is 15.9 Å². The van der Waals surface area contributed by atoms with E-state index in [1.165, 1.54) is 4.90 Å². The Morgan fingerprint density at radius 2 is 2.18 bits per heavy atom. The summed E-state index contributed by atoms with van der Waals surface area (Å²) in [5.41, 5.74) is 0.173.